The molecule has 3 rings (SSSR count). The Morgan fingerprint density at radius 3 is 2.95 bits per heavy atom. The Hall–Kier alpha value is -1.95. The molecule has 6 heteroatoms. The molecule has 0 amide bonds. The molecule has 1 atom stereocenters. The van der Waals surface area contributed by atoms with Crippen molar-refractivity contribution in [2.75, 3.05) is 18.8 Å². The van der Waals surface area contributed by atoms with Crippen LogP contribution in [0.5, 0.6) is 0 Å². The van der Waals surface area contributed by atoms with Crippen LogP contribution in [-0.4, -0.2) is 33.2 Å². The van der Waals surface area contributed by atoms with Crippen LogP contribution in [0.15, 0.2) is 22.8 Å². The Kier molecular flexibility index (Phi) is 4.15. The molecule has 1 saturated heterocycles. The number of aromatic nitrogens is 3. The molecule has 21 heavy (non-hydrogen) atoms. The summed E-state index contributed by atoms with van der Waals surface area (Å²) in [5, 5.41) is 8.09. The predicted molar refractivity (Wildman–Crippen MR) is 79.4 cm³/mol. The van der Waals surface area contributed by atoms with Crippen molar-refractivity contribution in [1.29, 1.82) is 0 Å². The van der Waals surface area contributed by atoms with E-state index in [0.717, 1.165) is 43.3 Å². The number of nitrogens with two attached hydrogens (primary N) is 1. The Balaban J connectivity index is 1.56. The van der Waals surface area contributed by atoms with Gasteiger partial charge in [-0.3, -0.25) is 4.90 Å². The van der Waals surface area contributed by atoms with Crippen LogP contribution in [0.3, 0.4) is 0 Å². The van der Waals surface area contributed by atoms with Crippen molar-refractivity contribution in [1.82, 2.24) is 20.1 Å². The number of hydrogen-bond acceptors (Lipinski definition) is 6. The van der Waals surface area contributed by atoms with Gasteiger partial charge in [0, 0.05) is 20.0 Å². The molecule has 0 saturated carbocycles. The molecule has 1 fully saturated rings. The van der Waals surface area contributed by atoms with Crippen molar-refractivity contribution < 1.29 is 4.42 Å². The van der Waals surface area contributed by atoms with Gasteiger partial charge in [0.1, 0.15) is 12.1 Å². The van der Waals surface area contributed by atoms with E-state index in [9.17, 15) is 0 Å². The molecule has 0 aliphatic carbocycles. The van der Waals surface area contributed by atoms with E-state index in [4.69, 9.17) is 10.2 Å². The SMILES string of the molecule is Cc1nc(CN2CCC[C@@H](Cc3ccc(N)nn3)C2)co1. The van der Waals surface area contributed by atoms with Crippen molar-refractivity contribution in [3.63, 3.8) is 0 Å². The van der Waals surface area contributed by atoms with Crippen molar-refractivity contribution in [3.8, 4) is 0 Å². The monoisotopic (exact) mass is 287 g/mol. The van der Waals surface area contributed by atoms with Gasteiger partial charge in [0.2, 0.25) is 0 Å². The first-order valence-electron chi connectivity index (χ1n) is 7.40. The summed E-state index contributed by atoms with van der Waals surface area (Å²) in [6, 6.07) is 3.80. The largest absolute Gasteiger partial charge is 0.449 e. The van der Waals surface area contributed by atoms with E-state index in [1.165, 1.54) is 12.8 Å². The summed E-state index contributed by atoms with van der Waals surface area (Å²) < 4.78 is 5.27. The van der Waals surface area contributed by atoms with E-state index in [2.05, 4.69) is 20.1 Å². The molecule has 1 aliphatic rings. The topological polar surface area (TPSA) is 81.1 Å². The predicted octanol–water partition coefficient (Wildman–Crippen LogP) is 1.81. The highest BCUT2D eigenvalue weighted by atomic mass is 16.3. The fourth-order valence-corrected chi connectivity index (χ4v) is 2.95. The number of rotatable bonds is 4. The third-order valence-corrected chi connectivity index (χ3v) is 3.89. The lowest BCUT2D eigenvalue weighted by molar-refractivity contribution is 0.164. The van der Waals surface area contributed by atoms with Crippen LogP contribution >= 0.6 is 0 Å². The number of hydrogen-bond donors (Lipinski definition) is 1. The van der Waals surface area contributed by atoms with Gasteiger partial charge in [-0.2, -0.15) is 5.10 Å². The maximum Gasteiger partial charge on any atom is 0.191 e. The molecular formula is C15H21N5O. The molecule has 0 unspecified atom stereocenters. The molecule has 0 radical (unpaired) electrons. The third-order valence-electron chi connectivity index (χ3n) is 3.89. The summed E-state index contributed by atoms with van der Waals surface area (Å²) in [5.74, 6) is 1.82. The zero-order chi connectivity index (χ0) is 14.7. The van der Waals surface area contributed by atoms with Gasteiger partial charge in [-0.05, 0) is 43.9 Å². The quantitative estimate of drug-likeness (QED) is 0.923. The van der Waals surface area contributed by atoms with E-state index in [0.29, 0.717) is 11.7 Å². The standard InChI is InChI=1S/C15H21N5O/c1-11-17-14(10-21-11)9-20-6-2-3-12(8-20)7-13-4-5-15(16)19-18-13/h4-5,10,12H,2-3,6-9H2,1H3,(H2,16,19)/t12-/m0/s1. The van der Waals surface area contributed by atoms with Gasteiger partial charge < -0.3 is 10.2 Å². The second kappa shape index (κ2) is 6.22. The van der Waals surface area contributed by atoms with E-state index in [1.54, 1.807) is 6.26 Å². The summed E-state index contributed by atoms with van der Waals surface area (Å²) in [6.07, 6.45) is 5.16. The second-order valence-electron chi connectivity index (χ2n) is 5.75. The Morgan fingerprint density at radius 1 is 1.33 bits per heavy atom. The maximum atomic E-state index is 5.57. The van der Waals surface area contributed by atoms with Gasteiger partial charge in [-0.15, -0.1) is 5.10 Å². The Labute approximate surface area is 124 Å². The zero-order valence-corrected chi connectivity index (χ0v) is 12.3. The molecular weight excluding hydrogens is 266 g/mol. The Morgan fingerprint density at radius 2 is 2.24 bits per heavy atom. The Bertz CT molecular complexity index is 580. The third kappa shape index (κ3) is 3.78. The number of aryl methyl sites for hydroxylation is 1. The molecule has 0 bridgehead atoms. The lowest BCUT2D eigenvalue weighted by Crippen LogP contribution is -2.36. The molecule has 1 aliphatic heterocycles. The van der Waals surface area contributed by atoms with Crippen LogP contribution in [0.25, 0.3) is 0 Å². The molecule has 2 N–H and O–H groups in total. The first-order chi connectivity index (χ1) is 10.2. The first-order valence-corrected chi connectivity index (χ1v) is 7.40. The first kappa shape index (κ1) is 14.0. The zero-order valence-electron chi connectivity index (χ0n) is 12.3. The number of piperidine rings is 1. The van der Waals surface area contributed by atoms with Crippen molar-refractivity contribution in [2.45, 2.75) is 32.7 Å². The summed E-state index contributed by atoms with van der Waals surface area (Å²) in [6.45, 7) is 4.93. The fraction of sp³-hybridized carbons (Fsp3) is 0.533. The average Bonchev–Trinajstić information content (AvgIpc) is 2.87. The molecule has 112 valence electrons. The van der Waals surface area contributed by atoms with Crippen LogP contribution in [0, 0.1) is 12.8 Å². The van der Waals surface area contributed by atoms with Gasteiger partial charge >= 0.3 is 0 Å². The minimum absolute atomic E-state index is 0.477. The highest BCUT2D eigenvalue weighted by Gasteiger charge is 2.21. The van der Waals surface area contributed by atoms with Gasteiger partial charge in [-0.1, -0.05) is 0 Å². The maximum absolute atomic E-state index is 5.57. The van der Waals surface area contributed by atoms with E-state index in [1.807, 2.05) is 19.1 Å². The number of nitrogen functional groups attached to an aromatic ring is 1. The lowest BCUT2D eigenvalue weighted by atomic mass is 9.93. The van der Waals surface area contributed by atoms with Crippen molar-refractivity contribution in [3.05, 3.63) is 35.7 Å². The molecule has 2 aromatic rings. The van der Waals surface area contributed by atoms with Gasteiger partial charge in [-0.25, -0.2) is 4.98 Å². The summed E-state index contributed by atoms with van der Waals surface area (Å²) in [7, 11) is 0. The van der Waals surface area contributed by atoms with Crippen LogP contribution in [0.4, 0.5) is 5.82 Å². The molecule has 6 nitrogen and oxygen atoms in total. The fourth-order valence-electron chi connectivity index (χ4n) is 2.95. The summed E-state index contributed by atoms with van der Waals surface area (Å²) in [5.41, 5.74) is 7.61. The number of likely N-dealkylation sites (tertiary alicyclic amines) is 1. The molecule has 2 aromatic heterocycles. The number of anilines is 1. The molecule has 3 heterocycles. The van der Waals surface area contributed by atoms with E-state index < -0.39 is 0 Å². The smallest absolute Gasteiger partial charge is 0.191 e. The van der Waals surface area contributed by atoms with Gasteiger partial charge in [0.05, 0.1) is 11.4 Å². The normalized spacial score (nSPS) is 19.8. The average molecular weight is 287 g/mol. The number of nitrogens with zero attached hydrogens (tertiary/aromatic N) is 4. The van der Waals surface area contributed by atoms with E-state index >= 15 is 0 Å². The van der Waals surface area contributed by atoms with Crippen LogP contribution in [0.2, 0.25) is 0 Å². The lowest BCUT2D eigenvalue weighted by Gasteiger charge is -2.31. The van der Waals surface area contributed by atoms with Crippen LogP contribution in [0.1, 0.15) is 30.1 Å². The molecule has 0 spiro atoms. The highest BCUT2D eigenvalue weighted by molar-refractivity contribution is 5.25. The summed E-state index contributed by atoms with van der Waals surface area (Å²) in [4.78, 5) is 6.82. The minimum Gasteiger partial charge on any atom is -0.449 e. The summed E-state index contributed by atoms with van der Waals surface area (Å²) >= 11 is 0. The van der Waals surface area contributed by atoms with E-state index in [-0.39, 0.29) is 0 Å². The molecule has 0 aromatic carbocycles. The van der Waals surface area contributed by atoms with Crippen LogP contribution < -0.4 is 5.73 Å². The second-order valence-corrected chi connectivity index (χ2v) is 5.75. The minimum atomic E-state index is 0.477. The van der Waals surface area contributed by atoms with Gasteiger partial charge in [0.25, 0.3) is 0 Å². The number of oxazole rings is 1. The van der Waals surface area contributed by atoms with Crippen molar-refractivity contribution in [2.24, 2.45) is 5.92 Å². The van der Waals surface area contributed by atoms with Crippen molar-refractivity contribution >= 4 is 5.82 Å². The highest BCUT2D eigenvalue weighted by Crippen LogP contribution is 2.21. The van der Waals surface area contributed by atoms with Gasteiger partial charge in [0.15, 0.2) is 5.89 Å². The van der Waals surface area contributed by atoms with Crippen LogP contribution in [-0.2, 0) is 13.0 Å².